The lowest BCUT2D eigenvalue weighted by molar-refractivity contribution is -0.119. The van der Waals surface area contributed by atoms with Crippen LogP contribution in [0, 0.1) is 5.82 Å². The Morgan fingerprint density at radius 3 is 2.58 bits per heavy atom. The Kier molecular flexibility index (Phi) is 5.52. The molecule has 0 unspecified atom stereocenters. The van der Waals surface area contributed by atoms with Crippen LogP contribution in [0.15, 0.2) is 42.5 Å². The summed E-state index contributed by atoms with van der Waals surface area (Å²) in [5.41, 5.74) is 7.21. The van der Waals surface area contributed by atoms with Crippen molar-refractivity contribution in [2.24, 2.45) is 0 Å². The molecular formula is C18H19FN2O3. The maximum Gasteiger partial charge on any atom is 0.340 e. The quantitative estimate of drug-likeness (QED) is 0.651. The summed E-state index contributed by atoms with van der Waals surface area (Å²) >= 11 is 0. The van der Waals surface area contributed by atoms with Crippen LogP contribution in [0.3, 0.4) is 0 Å². The number of nitrogens with one attached hydrogen (secondary N) is 1. The van der Waals surface area contributed by atoms with Gasteiger partial charge in [0.1, 0.15) is 5.82 Å². The van der Waals surface area contributed by atoms with Crippen LogP contribution in [0.5, 0.6) is 0 Å². The molecule has 3 N–H and O–H groups in total. The molecule has 6 heteroatoms. The molecule has 2 aromatic rings. The largest absolute Gasteiger partial charge is 0.452 e. The van der Waals surface area contributed by atoms with E-state index in [9.17, 15) is 14.0 Å². The number of ether oxygens (including phenoxy) is 1. The van der Waals surface area contributed by atoms with Crippen molar-refractivity contribution in [3.05, 3.63) is 59.4 Å². The molecule has 1 amide bonds. The number of para-hydroxylation sites is 1. The van der Waals surface area contributed by atoms with Gasteiger partial charge in [-0.05, 0) is 35.7 Å². The molecule has 5 nitrogen and oxygen atoms in total. The topological polar surface area (TPSA) is 81.4 Å². The second kappa shape index (κ2) is 7.59. The van der Waals surface area contributed by atoms with E-state index < -0.39 is 24.3 Å². The number of anilines is 2. The molecule has 0 aromatic heterocycles. The van der Waals surface area contributed by atoms with Gasteiger partial charge in [-0.1, -0.05) is 32.0 Å². The number of nitrogen functional groups attached to an aromatic ring is 1. The summed E-state index contributed by atoms with van der Waals surface area (Å²) < 4.78 is 17.9. The molecule has 0 spiro atoms. The van der Waals surface area contributed by atoms with Gasteiger partial charge in [0.15, 0.2) is 6.61 Å². The van der Waals surface area contributed by atoms with Gasteiger partial charge in [-0.15, -0.1) is 0 Å². The van der Waals surface area contributed by atoms with Crippen molar-refractivity contribution in [1.82, 2.24) is 0 Å². The van der Waals surface area contributed by atoms with E-state index in [2.05, 4.69) is 5.32 Å². The van der Waals surface area contributed by atoms with Crippen LogP contribution in [0.2, 0.25) is 0 Å². The van der Waals surface area contributed by atoms with E-state index in [-0.39, 0.29) is 17.2 Å². The van der Waals surface area contributed by atoms with Crippen molar-refractivity contribution in [2.45, 2.75) is 19.8 Å². The molecule has 126 valence electrons. The molecule has 0 aliphatic carbocycles. The van der Waals surface area contributed by atoms with Crippen molar-refractivity contribution in [2.75, 3.05) is 17.7 Å². The lowest BCUT2D eigenvalue weighted by Crippen LogP contribution is -2.22. The Labute approximate surface area is 139 Å². The summed E-state index contributed by atoms with van der Waals surface area (Å²) in [5, 5.41) is 2.72. The molecule has 0 saturated heterocycles. The van der Waals surface area contributed by atoms with Gasteiger partial charge in [-0.2, -0.15) is 0 Å². The zero-order valence-corrected chi connectivity index (χ0v) is 13.5. The average molecular weight is 330 g/mol. The monoisotopic (exact) mass is 330 g/mol. The number of hydrogen-bond acceptors (Lipinski definition) is 4. The lowest BCUT2D eigenvalue weighted by Gasteiger charge is -2.13. The smallest absolute Gasteiger partial charge is 0.340 e. The molecule has 2 rings (SSSR count). The fourth-order valence-electron chi connectivity index (χ4n) is 2.23. The third kappa shape index (κ3) is 4.32. The van der Waals surface area contributed by atoms with Gasteiger partial charge in [0.05, 0.1) is 5.56 Å². The third-order valence-electron chi connectivity index (χ3n) is 3.42. The Hall–Kier alpha value is -2.89. The molecule has 2 aromatic carbocycles. The number of halogens is 1. The van der Waals surface area contributed by atoms with Crippen LogP contribution in [0.4, 0.5) is 15.8 Å². The van der Waals surface area contributed by atoms with Gasteiger partial charge in [-0.25, -0.2) is 9.18 Å². The number of carbonyl (C=O) groups excluding carboxylic acids is 2. The molecule has 0 aliphatic rings. The number of hydrogen-bond donors (Lipinski definition) is 2. The minimum Gasteiger partial charge on any atom is -0.452 e. The molecule has 0 aliphatic heterocycles. The molecule has 0 saturated carbocycles. The normalized spacial score (nSPS) is 10.5. The highest BCUT2D eigenvalue weighted by atomic mass is 19.1. The number of esters is 1. The van der Waals surface area contributed by atoms with Gasteiger partial charge in [-0.3, -0.25) is 4.79 Å². The van der Waals surface area contributed by atoms with E-state index in [0.29, 0.717) is 5.69 Å². The molecule has 0 heterocycles. The van der Waals surface area contributed by atoms with Crippen LogP contribution >= 0.6 is 0 Å². The van der Waals surface area contributed by atoms with Gasteiger partial charge in [0.25, 0.3) is 5.91 Å². The van der Waals surface area contributed by atoms with E-state index in [1.165, 1.54) is 6.07 Å². The maximum absolute atomic E-state index is 13.0. The zero-order chi connectivity index (χ0) is 17.7. The summed E-state index contributed by atoms with van der Waals surface area (Å²) in [4.78, 5) is 23.9. The fourth-order valence-corrected chi connectivity index (χ4v) is 2.23. The standard InChI is InChI=1S/C18H19FN2O3/c1-11(2)13-5-3-4-6-16(13)21-17(22)10-24-18(23)14-8-7-12(19)9-15(14)20/h3-9,11H,10,20H2,1-2H3,(H,21,22). The average Bonchev–Trinajstić information content (AvgIpc) is 2.53. The summed E-state index contributed by atoms with van der Waals surface area (Å²) in [6.07, 6.45) is 0. The van der Waals surface area contributed by atoms with Crippen LogP contribution < -0.4 is 11.1 Å². The van der Waals surface area contributed by atoms with Crippen molar-refractivity contribution < 1.29 is 18.7 Å². The minimum absolute atomic E-state index is 0.0202. The van der Waals surface area contributed by atoms with Crippen LogP contribution in [0.1, 0.15) is 35.7 Å². The molecule has 0 fully saturated rings. The first kappa shape index (κ1) is 17.5. The molecule has 0 bridgehead atoms. The highest BCUT2D eigenvalue weighted by Crippen LogP contribution is 2.23. The molecule has 0 radical (unpaired) electrons. The van der Waals surface area contributed by atoms with Gasteiger partial charge >= 0.3 is 5.97 Å². The maximum atomic E-state index is 13.0. The number of amides is 1. The summed E-state index contributed by atoms with van der Waals surface area (Å²) in [6.45, 7) is 3.58. The van der Waals surface area contributed by atoms with Gasteiger partial charge in [0.2, 0.25) is 0 Å². The lowest BCUT2D eigenvalue weighted by atomic mass is 10.0. The predicted octanol–water partition coefficient (Wildman–Crippen LogP) is 3.33. The summed E-state index contributed by atoms with van der Waals surface area (Å²) in [5.74, 6) is -1.55. The minimum atomic E-state index is -0.778. The number of nitrogens with two attached hydrogens (primary N) is 1. The van der Waals surface area contributed by atoms with Crippen molar-refractivity contribution in [3.8, 4) is 0 Å². The first-order valence-electron chi connectivity index (χ1n) is 7.49. The van der Waals surface area contributed by atoms with Gasteiger partial charge < -0.3 is 15.8 Å². The van der Waals surface area contributed by atoms with Crippen LogP contribution in [-0.4, -0.2) is 18.5 Å². The number of rotatable bonds is 5. The molecular weight excluding hydrogens is 311 g/mol. The van der Waals surface area contributed by atoms with E-state index in [1.54, 1.807) is 6.07 Å². The highest BCUT2D eigenvalue weighted by Gasteiger charge is 2.15. The van der Waals surface area contributed by atoms with Gasteiger partial charge in [0, 0.05) is 11.4 Å². The van der Waals surface area contributed by atoms with Crippen LogP contribution in [0.25, 0.3) is 0 Å². The Morgan fingerprint density at radius 1 is 1.21 bits per heavy atom. The Balaban J connectivity index is 1.97. The molecule has 0 atom stereocenters. The van der Waals surface area contributed by atoms with E-state index in [1.807, 2.05) is 32.0 Å². The van der Waals surface area contributed by atoms with Crippen LogP contribution in [-0.2, 0) is 9.53 Å². The van der Waals surface area contributed by atoms with E-state index in [4.69, 9.17) is 10.5 Å². The van der Waals surface area contributed by atoms with Crippen molar-refractivity contribution in [3.63, 3.8) is 0 Å². The second-order valence-corrected chi connectivity index (χ2v) is 5.60. The third-order valence-corrected chi connectivity index (χ3v) is 3.42. The summed E-state index contributed by atoms with van der Waals surface area (Å²) in [6, 6.07) is 10.8. The Morgan fingerprint density at radius 2 is 1.92 bits per heavy atom. The first-order valence-corrected chi connectivity index (χ1v) is 7.49. The zero-order valence-electron chi connectivity index (χ0n) is 13.5. The number of carbonyl (C=O) groups is 2. The van der Waals surface area contributed by atoms with Crippen molar-refractivity contribution in [1.29, 1.82) is 0 Å². The highest BCUT2D eigenvalue weighted by molar-refractivity contribution is 5.98. The first-order chi connectivity index (χ1) is 11.4. The second-order valence-electron chi connectivity index (χ2n) is 5.60. The molecule has 24 heavy (non-hydrogen) atoms. The summed E-state index contributed by atoms with van der Waals surface area (Å²) in [7, 11) is 0. The van der Waals surface area contributed by atoms with Crippen molar-refractivity contribution >= 4 is 23.3 Å². The van der Waals surface area contributed by atoms with E-state index >= 15 is 0 Å². The Bertz CT molecular complexity index is 760. The SMILES string of the molecule is CC(C)c1ccccc1NC(=O)COC(=O)c1ccc(F)cc1N. The predicted molar refractivity (Wildman–Crippen MR) is 90.3 cm³/mol. The fraction of sp³-hybridized carbons (Fsp3) is 0.222. The number of benzene rings is 2. The van der Waals surface area contributed by atoms with E-state index in [0.717, 1.165) is 17.7 Å².